The van der Waals surface area contributed by atoms with Crippen LogP contribution in [0.4, 0.5) is 27.6 Å². The third-order valence-electron chi connectivity index (χ3n) is 2.63. The third-order valence-corrected chi connectivity index (χ3v) is 2.63. The maximum Gasteiger partial charge on any atom is 0.419 e. The lowest BCUT2D eigenvalue weighted by atomic mass is 10.1. The molecule has 2 aromatic rings. The van der Waals surface area contributed by atoms with Gasteiger partial charge in [-0.1, -0.05) is 12.1 Å². The smallest absolute Gasteiger partial charge is 0.322 e. The van der Waals surface area contributed by atoms with Crippen LogP contribution < -0.4 is 5.32 Å². The predicted molar refractivity (Wildman–Crippen MR) is 65.8 cm³/mol. The van der Waals surface area contributed by atoms with Gasteiger partial charge in [0.2, 0.25) is 0 Å². The largest absolute Gasteiger partial charge is 0.419 e. The van der Waals surface area contributed by atoms with Crippen LogP contribution >= 0.6 is 0 Å². The molecule has 2 rings (SSSR count). The first kappa shape index (κ1) is 15.0. The Hall–Kier alpha value is -2.44. The number of amides is 1. The summed E-state index contributed by atoms with van der Waals surface area (Å²) in [4.78, 5) is 11.8. The van der Waals surface area contributed by atoms with E-state index in [1.165, 1.54) is 12.1 Å². The number of rotatable bonds is 2. The van der Waals surface area contributed by atoms with Gasteiger partial charge in [0.1, 0.15) is 11.6 Å². The molecule has 0 spiro atoms. The van der Waals surface area contributed by atoms with Gasteiger partial charge in [-0.25, -0.2) is 8.78 Å². The molecule has 0 aromatic heterocycles. The quantitative estimate of drug-likeness (QED) is 0.826. The van der Waals surface area contributed by atoms with Gasteiger partial charge in [-0.2, -0.15) is 13.2 Å². The zero-order valence-electron chi connectivity index (χ0n) is 10.3. The van der Waals surface area contributed by atoms with Crippen molar-refractivity contribution in [2.24, 2.45) is 0 Å². The molecule has 0 aliphatic rings. The van der Waals surface area contributed by atoms with E-state index in [0.717, 1.165) is 24.3 Å². The number of halogens is 5. The lowest BCUT2D eigenvalue weighted by Gasteiger charge is -2.11. The summed E-state index contributed by atoms with van der Waals surface area (Å²) in [6.07, 6.45) is -4.90. The minimum atomic E-state index is -4.90. The van der Waals surface area contributed by atoms with Gasteiger partial charge < -0.3 is 5.32 Å². The van der Waals surface area contributed by atoms with Crippen molar-refractivity contribution in [1.29, 1.82) is 0 Å². The number of anilines is 1. The first-order chi connectivity index (χ1) is 9.79. The monoisotopic (exact) mass is 301 g/mol. The second kappa shape index (κ2) is 5.51. The first-order valence-corrected chi connectivity index (χ1v) is 5.71. The highest BCUT2D eigenvalue weighted by Gasteiger charge is 2.35. The van der Waals surface area contributed by atoms with Crippen molar-refractivity contribution >= 4 is 11.6 Å². The van der Waals surface area contributed by atoms with E-state index in [0.29, 0.717) is 6.07 Å². The number of benzene rings is 2. The van der Waals surface area contributed by atoms with Gasteiger partial charge in [-0.15, -0.1) is 0 Å². The third kappa shape index (κ3) is 3.36. The standard InChI is InChI=1S/C14H8F5NO/c15-8-3-1-4-9(7-8)20-13(21)10-5-2-6-11(12(10)16)14(17,18)19/h1-7H,(H,20,21). The average Bonchev–Trinajstić information content (AvgIpc) is 2.37. The van der Waals surface area contributed by atoms with Gasteiger partial charge in [0.15, 0.2) is 0 Å². The van der Waals surface area contributed by atoms with Crippen LogP contribution in [0.1, 0.15) is 15.9 Å². The van der Waals surface area contributed by atoms with Crippen molar-refractivity contribution in [3.05, 3.63) is 65.2 Å². The molecule has 0 aliphatic heterocycles. The molecule has 0 fully saturated rings. The van der Waals surface area contributed by atoms with Crippen LogP contribution in [0, 0.1) is 11.6 Å². The Bertz CT molecular complexity index is 681. The maximum atomic E-state index is 13.7. The summed E-state index contributed by atoms with van der Waals surface area (Å²) in [5.41, 5.74) is -2.29. The maximum absolute atomic E-state index is 13.7. The minimum Gasteiger partial charge on any atom is -0.322 e. The number of nitrogens with one attached hydrogen (secondary N) is 1. The average molecular weight is 301 g/mol. The molecule has 0 bridgehead atoms. The summed E-state index contributed by atoms with van der Waals surface area (Å²) in [6, 6.07) is 7.09. The number of alkyl halides is 3. The second-order valence-electron chi connectivity index (χ2n) is 4.13. The Morgan fingerprint density at radius 2 is 1.67 bits per heavy atom. The Balaban J connectivity index is 2.32. The molecule has 1 N–H and O–H groups in total. The zero-order valence-corrected chi connectivity index (χ0v) is 10.3. The molecule has 0 unspecified atom stereocenters. The number of hydrogen-bond donors (Lipinski definition) is 1. The molecule has 0 heterocycles. The lowest BCUT2D eigenvalue weighted by molar-refractivity contribution is -0.140. The van der Waals surface area contributed by atoms with Crippen molar-refractivity contribution in [2.45, 2.75) is 6.18 Å². The van der Waals surface area contributed by atoms with Crippen molar-refractivity contribution in [1.82, 2.24) is 0 Å². The fourth-order valence-corrected chi connectivity index (χ4v) is 1.69. The van der Waals surface area contributed by atoms with E-state index in [2.05, 4.69) is 5.32 Å². The highest BCUT2D eigenvalue weighted by molar-refractivity contribution is 6.04. The molecule has 21 heavy (non-hydrogen) atoms. The van der Waals surface area contributed by atoms with Crippen LogP contribution in [-0.4, -0.2) is 5.91 Å². The summed E-state index contributed by atoms with van der Waals surface area (Å²) in [7, 11) is 0. The van der Waals surface area contributed by atoms with Gasteiger partial charge in [0.25, 0.3) is 5.91 Å². The Morgan fingerprint density at radius 3 is 2.29 bits per heavy atom. The molecule has 0 radical (unpaired) electrons. The van der Waals surface area contributed by atoms with Crippen molar-refractivity contribution < 1.29 is 26.7 Å². The molecular weight excluding hydrogens is 293 g/mol. The lowest BCUT2D eigenvalue weighted by Crippen LogP contribution is -2.17. The van der Waals surface area contributed by atoms with Gasteiger partial charge in [0, 0.05) is 5.69 Å². The fourth-order valence-electron chi connectivity index (χ4n) is 1.69. The Kier molecular flexibility index (Phi) is 3.93. The van der Waals surface area contributed by atoms with Crippen LogP contribution in [0.3, 0.4) is 0 Å². The van der Waals surface area contributed by atoms with Crippen LogP contribution in [0.2, 0.25) is 0 Å². The van der Waals surface area contributed by atoms with Crippen molar-refractivity contribution in [2.75, 3.05) is 5.32 Å². The van der Waals surface area contributed by atoms with Gasteiger partial charge in [-0.05, 0) is 30.3 Å². The molecule has 7 heteroatoms. The molecule has 0 aliphatic carbocycles. The van der Waals surface area contributed by atoms with Crippen LogP contribution in [0.15, 0.2) is 42.5 Å². The van der Waals surface area contributed by atoms with E-state index in [9.17, 15) is 26.7 Å². The fraction of sp³-hybridized carbons (Fsp3) is 0.0714. The van der Waals surface area contributed by atoms with E-state index >= 15 is 0 Å². The summed E-state index contributed by atoms with van der Waals surface area (Å²) in [5.74, 6) is -3.40. The molecular formula is C14H8F5NO. The van der Waals surface area contributed by atoms with Crippen LogP contribution in [0.25, 0.3) is 0 Å². The molecule has 2 nitrogen and oxygen atoms in total. The Morgan fingerprint density at radius 1 is 1.00 bits per heavy atom. The summed E-state index contributed by atoms with van der Waals surface area (Å²) in [5, 5.41) is 2.13. The van der Waals surface area contributed by atoms with Gasteiger partial charge >= 0.3 is 6.18 Å². The first-order valence-electron chi connectivity index (χ1n) is 5.71. The molecule has 1 amide bonds. The van der Waals surface area contributed by atoms with Crippen LogP contribution in [0.5, 0.6) is 0 Å². The second-order valence-corrected chi connectivity index (χ2v) is 4.13. The highest BCUT2D eigenvalue weighted by Crippen LogP contribution is 2.32. The predicted octanol–water partition coefficient (Wildman–Crippen LogP) is 4.24. The van der Waals surface area contributed by atoms with Gasteiger partial charge in [-0.3, -0.25) is 4.79 Å². The van der Waals surface area contributed by atoms with Crippen molar-refractivity contribution in [3.63, 3.8) is 0 Å². The number of carbonyl (C=O) groups is 1. The summed E-state index contributed by atoms with van der Waals surface area (Å²) >= 11 is 0. The normalized spacial score (nSPS) is 11.3. The minimum absolute atomic E-state index is 0.0109. The summed E-state index contributed by atoms with van der Waals surface area (Å²) in [6.45, 7) is 0. The van der Waals surface area contributed by atoms with Crippen LogP contribution in [-0.2, 0) is 6.18 Å². The SMILES string of the molecule is O=C(Nc1cccc(F)c1)c1cccc(C(F)(F)F)c1F. The van der Waals surface area contributed by atoms with E-state index in [1.54, 1.807) is 0 Å². The molecule has 0 saturated heterocycles. The topological polar surface area (TPSA) is 29.1 Å². The van der Waals surface area contributed by atoms with E-state index < -0.39 is 34.8 Å². The van der Waals surface area contributed by atoms with Gasteiger partial charge in [0.05, 0.1) is 11.1 Å². The van der Waals surface area contributed by atoms with E-state index in [-0.39, 0.29) is 5.69 Å². The number of hydrogen-bond acceptors (Lipinski definition) is 1. The molecule has 0 atom stereocenters. The van der Waals surface area contributed by atoms with E-state index in [4.69, 9.17) is 0 Å². The molecule has 110 valence electrons. The number of carbonyl (C=O) groups excluding carboxylic acids is 1. The molecule has 2 aromatic carbocycles. The zero-order chi connectivity index (χ0) is 15.6. The van der Waals surface area contributed by atoms with Crippen molar-refractivity contribution in [3.8, 4) is 0 Å². The summed E-state index contributed by atoms with van der Waals surface area (Å²) < 4.78 is 64.3. The van der Waals surface area contributed by atoms with E-state index in [1.807, 2.05) is 0 Å². The Labute approximate surface area is 116 Å². The highest BCUT2D eigenvalue weighted by atomic mass is 19.4. The molecule has 0 saturated carbocycles.